The fourth-order valence-corrected chi connectivity index (χ4v) is 3.14. The topological polar surface area (TPSA) is 33.2 Å². The number of rotatable bonds is 8. The van der Waals surface area contributed by atoms with E-state index in [2.05, 4.69) is 23.7 Å². The van der Waals surface area contributed by atoms with Crippen LogP contribution in [0.4, 0.5) is 5.13 Å². The monoisotopic (exact) mass is 302 g/mol. The van der Waals surface area contributed by atoms with Crippen molar-refractivity contribution in [2.24, 2.45) is 0 Å². The first kappa shape index (κ1) is 15.7. The average Bonchev–Trinajstić information content (AvgIpc) is 2.96. The van der Waals surface area contributed by atoms with Gasteiger partial charge in [-0.3, -0.25) is 4.79 Å². The number of nitrogens with zero attached hydrogens (tertiary/aromatic N) is 2. The summed E-state index contributed by atoms with van der Waals surface area (Å²) >= 11 is 1.64. The Labute approximate surface area is 130 Å². The van der Waals surface area contributed by atoms with Crippen LogP contribution < -0.4 is 4.90 Å². The maximum absolute atomic E-state index is 12.2. The molecular formula is C17H22N2OS. The van der Waals surface area contributed by atoms with Crippen molar-refractivity contribution in [3.8, 4) is 0 Å². The van der Waals surface area contributed by atoms with Crippen LogP contribution in [-0.2, 0) is 6.42 Å². The van der Waals surface area contributed by atoms with Crippen LogP contribution in [0.2, 0.25) is 0 Å². The molecule has 0 atom stereocenters. The van der Waals surface area contributed by atoms with Gasteiger partial charge in [0.25, 0.3) is 0 Å². The molecule has 0 N–H and O–H groups in total. The van der Waals surface area contributed by atoms with Gasteiger partial charge in [0.2, 0.25) is 0 Å². The zero-order valence-corrected chi connectivity index (χ0v) is 13.5. The Morgan fingerprint density at radius 1 is 1.14 bits per heavy atom. The number of hydrogen-bond donors (Lipinski definition) is 0. The summed E-state index contributed by atoms with van der Waals surface area (Å²) in [4.78, 5) is 19.1. The normalized spacial score (nSPS) is 10.6. The van der Waals surface area contributed by atoms with Crippen molar-refractivity contribution in [1.82, 2.24) is 4.98 Å². The highest BCUT2D eigenvalue weighted by Crippen LogP contribution is 2.22. The van der Waals surface area contributed by atoms with Crippen molar-refractivity contribution >= 4 is 22.3 Å². The molecule has 0 saturated carbocycles. The molecule has 4 heteroatoms. The van der Waals surface area contributed by atoms with Gasteiger partial charge < -0.3 is 4.90 Å². The second-order valence-corrected chi connectivity index (χ2v) is 5.91. The van der Waals surface area contributed by atoms with Crippen LogP contribution in [0, 0.1) is 0 Å². The van der Waals surface area contributed by atoms with Crippen molar-refractivity contribution in [2.45, 2.75) is 33.1 Å². The zero-order valence-electron chi connectivity index (χ0n) is 12.7. The highest BCUT2D eigenvalue weighted by molar-refractivity contribution is 7.13. The van der Waals surface area contributed by atoms with E-state index in [1.54, 1.807) is 11.3 Å². The van der Waals surface area contributed by atoms with Gasteiger partial charge in [-0.25, -0.2) is 4.98 Å². The highest BCUT2D eigenvalue weighted by atomic mass is 32.1. The molecule has 0 aliphatic heterocycles. The van der Waals surface area contributed by atoms with E-state index in [9.17, 15) is 4.79 Å². The lowest BCUT2D eigenvalue weighted by atomic mass is 10.1. The first-order valence-corrected chi connectivity index (χ1v) is 8.40. The summed E-state index contributed by atoms with van der Waals surface area (Å²) in [5.74, 6) is 0.130. The number of ketones is 1. The molecule has 0 spiro atoms. The number of Topliss-reactive ketones (excluding diaryl/α,β-unsaturated/α-hetero) is 1. The minimum absolute atomic E-state index is 0.130. The third-order valence-corrected chi connectivity index (χ3v) is 4.18. The van der Waals surface area contributed by atoms with Gasteiger partial charge in [0, 0.05) is 24.0 Å². The number of carbonyl (C=O) groups excluding carboxylic acids is 1. The SMILES string of the molecule is CCCN(CCC)c1nc(CC(=O)c2ccccc2)cs1. The molecule has 0 aliphatic rings. The van der Waals surface area contributed by atoms with Crippen molar-refractivity contribution in [2.75, 3.05) is 18.0 Å². The van der Waals surface area contributed by atoms with Crippen LogP contribution in [0.25, 0.3) is 0 Å². The summed E-state index contributed by atoms with van der Waals surface area (Å²) in [6, 6.07) is 9.42. The molecule has 2 rings (SSSR count). The fraction of sp³-hybridized carbons (Fsp3) is 0.412. The lowest BCUT2D eigenvalue weighted by Crippen LogP contribution is -2.24. The summed E-state index contributed by atoms with van der Waals surface area (Å²) in [6.45, 7) is 6.40. The zero-order chi connectivity index (χ0) is 15.1. The van der Waals surface area contributed by atoms with Crippen molar-refractivity contribution in [1.29, 1.82) is 0 Å². The van der Waals surface area contributed by atoms with Gasteiger partial charge in [0.05, 0.1) is 12.1 Å². The second kappa shape index (κ2) is 7.93. The van der Waals surface area contributed by atoms with E-state index in [4.69, 9.17) is 0 Å². The molecule has 0 amide bonds. The third kappa shape index (κ3) is 4.39. The first-order valence-electron chi connectivity index (χ1n) is 7.52. The molecule has 112 valence electrons. The molecule has 1 aromatic carbocycles. The summed E-state index contributed by atoms with van der Waals surface area (Å²) in [6.07, 6.45) is 2.60. The summed E-state index contributed by atoms with van der Waals surface area (Å²) in [5.41, 5.74) is 1.63. The van der Waals surface area contributed by atoms with E-state index in [-0.39, 0.29) is 5.78 Å². The second-order valence-electron chi connectivity index (χ2n) is 5.07. The van der Waals surface area contributed by atoms with Gasteiger partial charge in [0.1, 0.15) is 0 Å². The Morgan fingerprint density at radius 3 is 2.43 bits per heavy atom. The standard InChI is InChI=1S/C17H22N2OS/c1-3-10-19(11-4-2)17-18-15(13-21-17)12-16(20)14-8-6-5-7-9-14/h5-9,13H,3-4,10-12H2,1-2H3. The highest BCUT2D eigenvalue weighted by Gasteiger charge is 2.13. The van der Waals surface area contributed by atoms with Crippen LogP contribution in [-0.4, -0.2) is 23.9 Å². The largest absolute Gasteiger partial charge is 0.348 e. The van der Waals surface area contributed by atoms with Gasteiger partial charge in [-0.1, -0.05) is 44.2 Å². The Morgan fingerprint density at radius 2 is 1.81 bits per heavy atom. The molecule has 0 radical (unpaired) electrons. The molecule has 0 saturated heterocycles. The molecule has 0 fully saturated rings. The molecule has 2 aromatic rings. The van der Waals surface area contributed by atoms with E-state index >= 15 is 0 Å². The number of anilines is 1. The Kier molecular flexibility index (Phi) is 5.93. The van der Waals surface area contributed by atoms with Crippen LogP contribution in [0.1, 0.15) is 42.7 Å². The summed E-state index contributed by atoms with van der Waals surface area (Å²) in [5, 5.41) is 3.05. The predicted molar refractivity (Wildman–Crippen MR) is 89.4 cm³/mol. The fourth-order valence-electron chi connectivity index (χ4n) is 2.26. The number of hydrogen-bond acceptors (Lipinski definition) is 4. The van der Waals surface area contributed by atoms with Gasteiger partial charge >= 0.3 is 0 Å². The van der Waals surface area contributed by atoms with Gasteiger partial charge in [-0.05, 0) is 12.8 Å². The lowest BCUT2D eigenvalue weighted by Gasteiger charge is -2.19. The summed E-state index contributed by atoms with van der Waals surface area (Å²) in [7, 11) is 0. The Bertz CT molecular complexity index is 559. The average molecular weight is 302 g/mol. The van der Waals surface area contributed by atoms with E-state index in [0.717, 1.165) is 42.3 Å². The van der Waals surface area contributed by atoms with Crippen molar-refractivity contribution < 1.29 is 4.79 Å². The van der Waals surface area contributed by atoms with Crippen LogP contribution in [0.3, 0.4) is 0 Å². The van der Waals surface area contributed by atoms with Crippen molar-refractivity contribution in [3.63, 3.8) is 0 Å². The van der Waals surface area contributed by atoms with Crippen LogP contribution in [0.15, 0.2) is 35.7 Å². The lowest BCUT2D eigenvalue weighted by molar-refractivity contribution is 0.0992. The van der Waals surface area contributed by atoms with E-state index < -0.39 is 0 Å². The summed E-state index contributed by atoms with van der Waals surface area (Å²) < 4.78 is 0. The predicted octanol–water partition coefficient (Wildman–Crippen LogP) is 4.19. The molecule has 0 bridgehead atoms. The van der Waals surface area contributed by atoms with Crippen molar-refractivity contribution in [3.05, 3.63) is 47.0 Å². The molecule has 3 nitrogen and oxygen atoms in total. The Hall–Kier alpha value is -1.68. The van der Waals surface area contributed by atoms with Crippen LogP contribution in [0.5, 0.6) is 0 Å². The van der Waals surface area contributed by atoms with Gasteiger partial charge in [0.15, 0.2) is 10.9 Å². The molecule has 0 aliphatic carbocycles. The minimum atomic E-state index is 0.130. The molecule has 1 aromatic heterocycles. The van der Waals surface area contributed by atoms with E-state index in [1.165, 1.54) is 0 Å². The maximum Gasteiger partial charge on any atom is 0.185 e. The van der Waals surface area contributed by atoms with Crippen LogP contribution >= 0.6 is 11.3 Å². The van der Waals surface area contributed by atoms with E-state index in [1.807, 2.05) is 35.7 Å². The van der Waals surface area contributed by atoms with Gasteiger partial charge in [-0.2, -0.15) is 0 Å². The molecule has 21 heavy (non-hydrogen) atoms. The smallest absolute Gasteiger partial charge is 0.185 e. The number of aromatic nitrogens is 1. The first-order chi connectivity index (χ1) is 10.2. The number of thiazole rings is 1. The maximum atomic E-state index is 12.2. The van der Waals surface area contributed by atoms with E-state index in [0.29, 0.717) is 6.42 Å². The van der Waals surface area contributed by atoms with Gasteiger partial charge in [-0.15, -0.1) is 11.3 Å². The quantitative estimate of drug-likeness (QED) is 0.685. The molecule has 1 heterocycles. The number of carbonyl (C=O) groups is 1. The molecular weight excluding hydrogens is 280 g/mol. The number of benzene rings is 1. The minimum Gasteiger partial charge on any atom is -0.348 e. The Balaban J connectivity index is 2.04. The third-order valence-electron chi connectivity index (χ3n) is 3.23. The molecule has 0 unspecified atom stereocenters.